The highest BCUT2D eigenvalue weighted by Gasteiger charge is 2.09. The number of ether oxygens (including phenoxy) is 2. The maximum absolute atomic E-state index is 10.9. The molecule has 4 aromatic rings. The number of nitrogens with zero attached hydrogens (tertiary/aromatic N) is 2. The van der Waals surface area contributed by atoms with Gasteiger partial charge in [-0.2, -0.15) is 0 Å². The third-order valence-electron chi connectivity index (χ3n) is 4.44. The molecule has 30 heavy (non-hydrogen) atoms. The number of nitro benzene ring substituents is 1. The number of aromatic nitrogens is 1. The number of hydrogen-bond donors (Lipinski definition) is 0. The van der Waals surface area contributed by atoms with Gasteiger partial charge in [-0.25, -0.2) is 4.98 Å². The lowest BCUT2D eigenvalue weighted by Crippen LogP contribution is -1.97. The van der Waals surface area contributed by atoms with E-state index in [4.69, 9.17) is 9.47 Å². The van der Waals surface area contributed by atoms with Crippen LogP contribution in [0.4, 0.5) is 5.69 Å². The largest absolute Gasteiger partial charge is 0.493 e. The van der Waals surface area contributed by atoms with Crippen molar-refractivity contribution in [1.29, 1.82) is 0 Å². The highest BCUT2D eigenvalue weighted by atomic mass is 32.1. The second-order valence-electron chi connectivity index (χ2n) is 6.48. The average molecular weight is 418 g/mol. The molecule has 7 heteroatoms. The number of benzene rings is 3. The Balaban J connectivity index is 1.50. The van der Waals surface area contributed by atoms with Gasteiger partial charge in [-0.3, -0.25) is 10.1 Å². The molecule has 0 unspecified atom stereocenters. The Hall–Kier alpha value is -3.71. The predicted molar refractivity (Wildman–Crippen MR) is 119 cm³/mol. The van der Waals surface area contributed by atoms with E-state index >= 15 is 0 Å². The van der Waals surface area contributed by atoms with Gasteiger partial charge < -0.3 is 9.47 Å². The summed E-state index contributed by atoms with van der Waals surface area (Å²) in [6.45, 7) is 0.463. The molecule has 0 radical (unpaired) electrons. The number of thiazole rings is 1. The van der Waals surface area contributed by atoms with Gasteiger partial charge in [0.1, 0.15) is 11.6 Å². The summed E-state index contributed by atoms with van der Waals surface area (Å²) in [5, 5.41) is 11.7. The third kappa shape index (κ3) is 4.47. The zero-order chi connectivity index (χ0) is 20.9. The fourth-order valence-electron chi connectivity index (χ4n) is 2.93. The van der Waals surface area contributed by atoms with Gasteiger partial charge in [0.15, 0.2) is 11.5 Å². The molecule has 0 saturated heterocycles. The molecule has 0 atom stereocenters. The van der Waals surface area contributed by atoms with Crippen molar-refractivity contribution in [2.24, 2.45) is 0 Å². The van der Waals surface area contributed by atoms with E-state index in [1.807, 2.05) is 60.7 Å². The molecular weight excluding hydrogens is 400 g/mol. The van der Waals surface area contributed by atoms with Gasteiger partial charge in [0.2, 0.25) is 0 Å². The minimum absolute atomic E-state index is 0.0409. The molecule has 0 aliphatic rings. The Morgan fingerprint density at radius 1 is 1.03 bits per heavy atom. The second-order valence-corrected chi connectivity index (χ2v) is 7.54. The van der Waals surface area contributed by atoms with Gasteiger partial charge in [0.25, 0.3) is 5.69 Å². The fourth-order valence-corrected chi connectivity index (χ4v) is 3.78. The van der Waals surface area contributed by atoms with Gasteiger partial charge in [0, 0.05) is 12.1 Å². The molecular formula is C23H18N2O4S. The molecule has 3 aromatic carbocycles. The standard InChI is InChI=1S/C23H18N2O4S/c1-28-21-13-16(7-10-20(21)29-15-17-5-3-2-4-6-17)8-12-23-24-19-14-18(25(26)27)9-11-22(19)30-23/h2-14H,15H2,1H3/b12-8+. The fraction of sp³-hybridized carbons (Fsp3) is 0.0870. The lowest BCUT2D eigenvalue weighted by Gasteiger charge is -2.11. The maximum Gasteiger partial charge on any atom is 0.271 e. The Labute approximate surface area is 177 Å². The van der Waals surface area contributed by atoms with Gasteiger partial charge in [-0.1, -0.05) is 42.5 Å². The summed E-state index contributed by atoms with van der Waals surface area (Å²) in [4.78, 5) is 15.0. The van der Waals surface area contributed by atoms with Crippen LogP contribution in [0.15, 0.2) is 66.7 Å². The van der Waals surface area contributed by atoms with E-state index in [2.05, 4.69) is 4.98 Å². The van der Waals surface area contributed by atoms with Crippen molar-refractivity contribution in [2.45, 2.75) is 6.61 Å². The minimum Gasteiger partial charge on any atom is -0.493 e. The summed E-state index contributed by atoms with van der Waals surface area (Å²) in [5.74, 6) is 1.32. The van der Waals surface area contributed by atoms with Crippen LogP contribution in [0.25, 0.3) is 22.4 Å². The molecule has 1 heterocycles. The van der Waals surface area contributed by atoms with Gasteiger partial charge in [-0.15, -0.1) is 11.3 Å². The molecule has 0 bridgehead atoms. The quantitative estimate of drug-likeness (QED) is 0.273. The normalized spacial score (nSPS) is 11.1. The van der Waals surface area contributed by atoms with Crippen LogP contribution in [0.2, 0.25) is 0 Å². The Kier molecular flexibility index (Phi) is 5.72. The van der Waals surface area contributed by atoms with Crippen molar-refractivity contribution < 1.29 is 14.4 Å². The summed E-state index contributed by atoms with van der Waals surface area (Å²) in [5.41, 5.74) is 2.68. The van der Waals surface area contributed by atoms with Crippen molar-refractivity contribution >= 4 is 39.4 Å². The second kappa shape index (κ2) is 8.75. The first-order valence-electron chi connectivity index (χ1n) is 9.20. The topological polar surface area (TPSA) is 74.5 Å². The average Bonchev–Trinajstić information content (AvgIpc) is 3.19. The summed E-state index contributed by atoms with van der Waals surface area (Å²) >= 11 is 1.48. The van der Waals surface area contributed by atoms with Gasteiger partial charge in [-0.05, 0) is 35.4 Å². The zero-order valence-electron chi connectivity index (χ0n) is 16.1. The van der Waals surface area contributed by atoms with Crippen molar-refractivity contribution in [2.75, 3.05) is 7.11 Å². The first-order chi connectivity index (χ1) is 14.6. The Bertz CT molecular complexity index is 1220. The summed E-state index contributed by atoms with van der Waals surface area (Å²) in [6.07, 6.45) is 3.81. The number of rotatable bonds is 7. The number of methoxy groups -OCH3 is 1. The first-order valence-corrected chi connectivity index (χ1v) is 10.0. The number of hydrogen-bond acceptors (Lipinski definition) is 6. The Morgan fingerprint density at radius 2 is 1.87 bits per heavy atom. The van der Waals surface area contributed by atoms with Gasteiger partial charge in [0.05, 0.1) is 22.2 Å². The van der Waals surface area contributed by atoms with Crippen molar-refractivity contribution in [3.05, 3.63) is 93.0 Å². The lowest BCUT2D eigenvalue weighted by molar-refractivity contribution is -0.384. The van der Waals surface area contributed by atoms with Crippen LogP contribution in [0.5, 0.6) is 11.5 Å². The van der Waals surface area contributed by atoms with Gasteiger partial charge >= 0.3 is 0 Å². The molecule has 0 fully saturated rings. The van der Waals surface area contributed by atoms with Crippen molar-refractivity contribution in [3.8, 4) is 11.5 Å². The van der Waals surface area contributed by atoms with E-state index in [0.717, 1.165) is 20.8 Å². The molecule has 0 spiro atoms. The SMILES string of the molecule is COc1cc(/C=C/c2nc3cc([N+](=O)[O-])ccc3s2)ccc1OCc1ccccc1. The molecule has 1 aromatic heterocycles. The molecule has 4 rings (SSSR count). The van der Waals surface area contributed by atoms with Crippen LogP contribution < -0.4 is 9.47 Å². The summed E-state index contributed by atoms with van der Waals surface area (Å²) in [6, 6.07) is 20.4. The van der Waals surface area contributed by atoms with Crippen molar-refractivity contribution in [3.63, 3.8) is 0 Å². The van der Waals surface area contributed by atoms with E-state index in [1.165, 1.54) is 23.5 Å². The number of fused-ring (bicyclic) bond motifs is 1. The lowest BCUT2D eigenvalue weighted by atomic mass is 10.2. The number of non-ortho nitro benzene ring substituents is 1. The van der Waals surface area contributed by atoms with Crippen molar-refractivity contribution in [1.82, 2.24) is 4.98 Å². The molecule has 0 N–H and O–H groups in total. The van der Waals surface area contributed by atoms with E-state index in [9.17, 15) is 10.1 Å². The molecule has 0 aliphatic carbocycles. The molecule has 6 nitrogen and oxygen atoms in total. The maximum atomic E-state index is 10.9. The van der Waals surface area contributed by atoms with E-state index in [0.29, 0.717) is 23.6 Å². The van der Waals surface area contributed by atoms with Crippen LogP contribution in [-0.4, -0.2) is 17.0 Å². The first kappa shape index (κ1) is 19.6. The monoisotopic (exact) mass is 418 g/mol. The predicted octanol–water partition coefficient (Wildman–Crippen LogP) is 5.96. The van der Waals surface area contributed by atoms with Crippen LogP contribution in [0, 0.1) is 10.1 Å². The highest BCUT2D eigenvalue weighted by molar-refractivity contribution is 7.19. The van der Waals surface area contributed by atoms with Crippen LogP contribution in [0.3, 0.4) is 0 Å². The smallest absolute Gasteiger partial charge is 0.271 e. The molecule has 0 amide bonds. The van der Waals surface area contributed by atoms with E-state index < -0.39 is 4.92 Å². The van der Waals surface area contributed by atoms with Crippen LogP contribution in [-0.2, 0) is 6.61 Å². The molecule has 150 valence electrons. The minimum atomic E-state index is -0.415. The highest BCUT2D eigenvalue weighted by Crippen LogP contribution is 2.31. The summed E-state index contributed by atoms with van der Waals surface area (Å²) < 4.78 is 12.3. The summed E-state index contributed by atoms with van der Waals surface area (Å²) in [7, 11) is 1.61. The van der Waals surface area contributed by atoms with Crippen LogP contribution >= 0.6 is 11.3 Å². The molecule has 0 saturated carbocycles. The van der Waals surface area contributed by atoms with E-state index in [1.54, 1.807) is 13.2 Å². The zero-order valence-corrected chi connectivity index (χ0v) is 17.0. The molecule has 0 aliphatic heterocycles. The number of nitro groups is 1. The van der Waals surface area contributed by atoms with E-state index in [-0.39, 0.29) is 5.69 Å². The Morgan fingerprint density at radius 3 is 2.63 bits per heavy atom. The van der Waals surface area contributed by atoms with Crippen LogP contribution in [0.1, 0.15) is 16.1 Å². The third-order valence-corrected chi connectivity index (χ3v) is 5.44.